The van der Waals surface area contributed by atoms with E-state index in [1.54, 1.807) is 63.3 Å². The van der Waals surface area contributed by atoms with E-state index >= 15 is 0 Å². The largest absolute Gasteiger partial charge is 0.460 e. The molecule has 6 N–H and O–H groups in total. The normalized spacial score (nSPS) is 27.5. The molecule has 3 saturated heterocycles. The molecule has 4 aliphatic rings. The lowest BCUT2D eigenvalue weighted by atomic mass is 9.91. The molecule has 7 rings (SSSR count). The first-order chi connectivity index (χ1) is 32.1. The smallest absolute Gasteiger partial charge is 0.338 e. The molecule has 17 nitrogen and oxygen atoms in total. The van der Waals surface area contributed by atoms with Gasteiger partial charge in [0.05, 0.1) is 31.4 Å². The molecule has 0 spiro atoms. The molecule has 3 aliphatic heterocycles. The molecule has 3 heterocycles. The maximum atomic E-state index is 14.6. The van der Waals surface area contributed by atoms with E-state index in [0.29, 0.717) is 29.5 Å². The summed E-state index contributed by atoms with van der Waals surface area (Å²) in [6.45, 7) is 4.50. The van der Waals surface area contributed by atoms with E-state index in [-0.39, 0.29) is 43.6 Å². The lowest BCUT2D eigenvalue weighted by Crippen LogP contribution is -2.59. The maximum Gasteiger partial charge on any atom is 0.338 e. The van der Waals surface area contributed by atoms with Crippen LogP contribution in [0, 0.1) is 0 Å². The Morgan fingerprint density at radius 2 is 1.57 bits per heavy atom. The van der Waals surface area contributed by atoms with Crippen LogP contribution in [0.1, 0.15) is 79.9 Å². The van der Waals surface area contributed by atoms with Crippen LogP contribution in [0.25, 0.3) is 6.08 Å². The van der Waals surface area contributed by atoms with Gasteiger partial charge in [0, 0.05) is 36.1 Å². The topological polar surface area (TPSA) is 240 Å². The van der Waals surface area contributed by atoms with Gasteiger partial charge >= 0.3 is 11.9 Å². The summed E-state index contributed by atoms with van der Waals surface area (Å²) in [4.78, 5) is 56.2. The van der Waals surface area contributed by atoms with Gasteiger partial charge in [-0.3, -0.25) is 14.4 Å². The Bertz CT molecular complexity index is 2190. The first kappa shape index (κ1) is 49.6. The molecular formula is C50H60N2O15. The number of hydrogen-bond acceptors (Lipinski definition) is 15. The van der Waals surface area contributed by atoms with Crippen molar-refractivity contribution in [2.45, 2.75) is 125 Å². The van der Waals surface area contributed by atoms with Gasteiger partial charge in [-0.05, 0) is 63.8 Å². The number of amides is 2. The van der Waals surface area contributed by atoms with Crippen LogP contribution in [0.5, 0.6) is 0 Å². The van der Waals surface area contributed by atoms with E-state index in [4.69, 9.17) is 28.4 Å². The summed E-state index contributed by atoms with van der Waals surface area (Å²) >= 11 is 0. The van der Waals surface area contributed by atoms with Crippen LogP contribution < -0.4 is 5.32 Å². The van der Waals surface area contributed by atoms with Crippen molar-refractivity contribution in [3.8, 4) is 0 Å². The SMILES string of the molecule is CC(C)(C)OC(=O)CCC(CO)NC(=O)C1CCCN1C(=O)C1=CC2OC(c3ccccc3)(c3ccccc3)OC2C(OC(=O)c2ccc(C=CCOC3OC(CO)C(O)C(O)C3O)cc2)C1. The van der Waals surface area contributed by atoms with Crippen molar-refractivity contribution in [3.63, 3.8) is 0 Å². The number of nitrogens with one attached hydrogen (secondary N) is 1. The van der Waals surface area contributed by atoms with E-state index in [1.165, 1.54) is 4.90 Å². The van der Waals surface area contributed by atoms with E-state index in [9.17, 15) is 44.7 Å². The third kappa shape index (κ3) is 11.7. The van der Waals surface area contributed by atoms with E-state index < -0.39 is 109 Å². The van der Waals surface area contributed by atoms with Gasteiger partial charge in [0.1, 0.15) is 54.4 Å². The highest BCUT2D eigenvalue weighted by Gasteiger charge is 2.55. The number of hydrogen-bond donors (Lipinski definition) is 6. The summed E-state index contributed by atoms with van der Waals surface area (Å²) in [5, 5.41) is 52.6. The molecule has 10 atom stereocenters. The molecule has 1 aliphatic carbocycles. The van der Waals surface area contributed by atoms with Gasteiger partial charge in [-0.1, -0.05) is 84.9 Å². The number of nitrogens with zero attached hydrogens (tertiary/aromatic N) is 1. The van der Waals surface area contributed by atoms with Crippen LogP contribution in [-0.4, -0.2) is 147 Å². The molecule has 360 valence electrons. The van der Waals surface area contributed by atoms with Crippen molar-refractivity contribution in [2.24, 2.45) is 0 Å². The Morgan fingerprint density at radius 3 is 2.19 bits per heavy atom. The average Bonchev–Trinajstić information content (AvgIpc) is 3.99. The summed E-state index contributed by atoms with van der Waals surface area (Å²) in [5.41, 5.74) is 1.86. The molecule has 67 heavy (non-hydrogen) atoms. The molecule has 3 fully saturated rings. The number of likely N-dealkylation sites (tertiary alicyclic amines) is 1. The molecule has 3 aromatic carbocycles. The van der Waals surface area contributed by atoms with Crippen LogP contribution in [0.15, 0.2) is 103 Å². The summed E-state index contributed by atoms with van der Waals surface area (Å²) < 4.78 is 36.3. The van der Waals surface area contributed by atoms with Gasteiger partial charge in [0.2, 0.25) is 17.6 Å². The molecule has 2 amide bonds. The Kier molecular flexibility index (Phi) is 16.1. The van der Waals surface area contributed by atoms with Gasteiger partial charge in [-0.25, -0.2) is 4.79 Å². The van der Waals surface area contributed by atoms with Crippen LogP contribution in [0.4, 0.5) is 0 Å². The van der Waals surface area contributed by atoms with Crippen LogP contribution in [-0.2, 0) is 48.6 Å². The minimum Gasteiger partial charge on any atom is -0.460 e. The number of carbonyl (C=O) groups excluding carboxylic acids is 4. The highest BCUT2D eigenvalue weighted by molar-refractivity contribution is 5.98. The number of ether oxygens (including phenoxy) is 6. The fourth-order valence-electron chi connectivity index (χ4n) is 8.72. The fourth-order valence-corrected chi connectivity index (χ4v) is 8.72. The summed E-state index contributed by atoms with van der Waals surface area (Å²) in [7, 11) is 0. The summed E-state index contributed by atoms with van der Waals surface area (Å²) in [5.74, 6) is -3.47. The maximum absolute atomic E-state index is 14.6. The molecule has 0 aromatic heterocycles. The fraction of sp³-hybridized carbons (Fsp3) is 0.480. The second kappa shape index (κ2) is 21.7. The van der Waals surface area contributed by atoms with Crippen molar-refractivity contribution < 1.29 is 73.1 Å². The Morgan fingerprint density at radius 1 is 0.896 bits per heavy atom. The first-order valence-electron chi connectivity index (χ1n) is 22.6. The zero-order chi connectivity index (χ0) is 47.9. The predicted octanol–water partition coefficient (Wildman–Crippen LogP) is 2.65. The number of benzene rings is 3. The van der Waals surface area contributed by atoms with E-state index in [0.717, 1.165) is 0 Å². The predicted molar refractivity (Wildman–Crippen MR) is 239 cm³/mol. The molecule has 3 aromatic rings. The highest BCUT2D eigenvalue weighted by Crippen LogP contribution is 2.47. The number of aliphatic hydroxyl groups is 5. The molecular weight excluding hydrogens is 869 g/mol. The van der Waals surface area contributed by atoms with Crippen molar-refractivity contribution >= 4 is 29.8 Å². The van der Waals surface area contributed by atoms with Gasteiger partial charge in [-0.2, -0.15) is 0 Å². The van der Waals surface area contributed by atoms with Crippen molar-refractivity contribution in [2.75, 3.05) is 26.4 Å². The minimum atomic E-state index is -1.56. The number of rotatable bonds is 16. The lowest BCUT2D eigenvalue weighted by molar-refractivity contribution is -0.298. The summed E-state index contributed by atoms with van der Waals surface area (Å²) in [6, 6.07) is 23.6. The monoisotopic (exact) mass is 928 g/mol. The number of fused-ring (bicyclic) bond motifs is 1. The van der Waals surface area contributed by atoms with Crippen LogP contribution in [0.2, 0.25) is 0 Å². The summed E-state index contributed by atoms with van der Waals surface area (Å²) in [6.07, 6.45) is -3.73. The number of esters is 2. The van der Waals surface area contributed by atoms with Gasteiger partial charge in [0.15, 0.2) is 6.29 Å². The third-order valence-corrected chi connectivity index (χ3v) is 12.1. The van der Waals surface area contributed by atoms with Crippen molar-refractivity contribution in [3.05, 3.63) is 125 Å². The number of carbonyl (C=O) groups is 4. The van der Waals surface area contributed by atoms with E-state index in [1.807, 2.05) is 60.7 Å². The minimum absolute atomic E-state index is 0.0189. The lowest BCUT2D eigenvalue weighted by Gasteiger charge is -2.39. The Hall–Kier alpha value is -5.34. The molecule has 10 unspecified atom stereocenters. The van der Waals surface area contributed by atoms with Crippen LogP contribution in [0.3, 0.4) is 0 Å². The second-order valence-corrected chi connectivity index (χ2v) is 18.1. The first-order valence-corrected chi connectivity index (χ1v) is 22.6. The second-order valence-electron chi connectivity index (χ2n) is 18.1. The number of aliphatic hydroxyl groups excluding tert-OH is 5. The van der Waals surface area contributed by atoms with Gasteiger partial charge in [-0.15, -0.1) is 0 Å². The zero-order valence-electron chi connectivity index (χ0n) is 37.7. The molecule has 0 saturated carbocycles. The molecule has 0 bridgehead atoms. The Labute approximate surface area is 388 Å². The highest BCUT2D eigenvalue weighted by atomic mass is 16.8. The van der Waals surface area contributed by atoms with Gasteiger partial charge < -0.3 is 64.2 Å². The van der Waals surface area contributed by atoms with E-state index in [2.05, 4.69) is 5.32 Å². The van der Waals surface area contributed by atoms with Crippen LogP contribution >= 0.6 is 0 Å². The average molecular weight is 929 g/mol. The molecule has 0 radical (unpaired) electrons. The van der Waals surface area contributed by atoms with Gasteiger partial charge in [0.25, 0.3) is 0 Å². The quantitative estimate of drug-likeness (QED) is 0.113. The van der Waals surface area contributed by atoms with Crippen molar-refractivity contribution in [1.29, 1.82) is 0 Å². The van der Waals surface area contributed by atoms with Crippen molar-refractivity contribution in [1.82, 2.24) is 10.2 Å². The molecule has 17 heteroatoms. The Balaban J connectivity index is 1.07. The standard InChI is InChI=1S/C50H60N2O15/c1-49(2,3)66-40(55)23-22-35(28-53)51-45(59)36-17-10-24-52(36)46(60)32-26-37(44-38(27-32)65-50(67-44,33-13-6-4-7-14-33)34-15-8-5-9-16-34)63-47(61)31-20-18-30(19-21-31)12-11-25-62-48-43(58)42(57)41(56)39(29-54)64-48/h4-9,11-16,18-21,27,35-39,41-44,48,53-54,56-58H,10,17,22-26,28-29H2,1-3H3,(H,51,59). The third-order valence-electron chi connectivity index (χ3n) is 12.1. The zero-order valence-corrected chi connectivity index (χ0v) is 37.7.